The average Bonchev–Trinajstić information content (AvgIpc) is 2.57. The Morgan fingerprint density at radius 2 is 1.58 bits per heavy atom. The van der Waals surface area contributed by atoms with Gasteiger partial charge < -0.3 is 9.31 Å². The van der Waals surface area contributed by atoms with E-state index < -0.39 is 0 Å². The zero-order valence-corrected chi connectivity index (χ0v) is 12.9. The molecule has 4 heteroatoms. The highest BCUT2D eigenvalue weighted by Gasteiger charge is 2.53. The molecule has 104 valence electrons. The largest absolute Gasteiger partial charge is 0.476 e. The Hall–Kier alpha value is -0.505. The minimum Gasteiger partial charge on any atom is -0.402 e. The van der Waals surface area contributed by atoms with Gasteiger partial charge in [0, 0.05) is 0 Å². The van der Waals surface area contributed by atoms with E-state index in [0.717, 1.165) is 12.8 Å². The molecule has 1 atom stereocenters. The van der Waals surface area contributed by atoms with Crippen LogP contribution in [0.4, 0.5) is 0 Å². The molecule has 0 aromatic heterocycles. The SMILES string of the molecule is CC1(C)OB([C@H](Cl)CCc2ccccc2)OC1(C)C. The van der Waals surface area contributed by atoms with Crippen LogP contribution in [0.2, 0.25) is 0 Å². The van der Waals surface area contributed by atoms with Gasteiger partial charge in [-0.15, -0.1) is 11.6 Å². The monoisotopic (exact) mass is 280 g/mol. The molecule has 0 aliphatic carbocycles. The van der Waals surface area contributed by atoms with Gasteiger partial charge in [0.2, 0.25) is 0 Å². The first kappa shape index (κ1) is 14.9. The third-order valence-corrected chi connectivity index (χ3v) is 4.54. The quantitative estimate of drug-likeness (QED) is 0.616. The first-order valence-electron chi connectivity index (χ1n) is 6.85. The first-order valence-corrected chi connectivity index (χ1v) is 7.29. The van der Waals surface area contributed by atoms with Crippen molar-refractivity contribution < 1.29 is 9.31 Å². The molecule has 19 heavy (non-hydrogen) atoms. The second kappa shape index (κ2) is 5.47. The first-order chi connectivity index (χ1) is 8.82. The standard InChI is InChI=1S/C15H22BClO2/c1-14(2)15(3,4)19-16(18-14)13(17)11-10-12-8-6-5-7-9-12/h5-9,13H,10-11H2,1-4H3/t13-/m1/s1. The second-order valence-corrected chi connectivity index (χ2v) is 6.73. The van der Waals surface area contributed by atoms with Crippen molar-refractivity contribution in [1.82, 2.24) is 0 Å². The third kappa shape index (κ3) is 3.33. The van der Waals surface area contributed by atoms with E-state index in [1.165, 1.54) is 5.56 Å². The van der Waals surface area contributed by atoms with E-state index in [4.69, 9.17) is 20.9 Å². The fourth-order valence-corrected chi connectivity index (χ4v) is 2.33. The number of halogens is 1. The topological polar surface area (TPSA) is 18.5 Å². The van der Waals surface area contributed by atoms with Crippen LogP contribution in [0.25, 0.3) is 0 Å². The minimum atomic E-state index is -0.324. The molecule has 1 aliphatic heterocycles. The zero-order valence-electron chi connectivity index (χ0n) is 12.2. The molecule has 0 spiro atoms. The van der Waals surface area contributed by atoms with Crippen LogP contribution in [0.5, 0.6) is 0 Å². The Kier molecular flexibility index (Phi) is 4.29. The van der Waals surface area contributed by atoms with E-state index in [1.54, 1.807) is 0 Å². The molecule has 1 heterocycles. The number of rotatable bonds is 4. The van der Waals surface area contributed by atoms with Gasteiger partial charge in [0.1, 0.15) is 0 Å². The molecular weight excluding hydrogens is 258 g/mol. The Bertz CT molecular complexity index is 403. The van der Waals surface area contributed by atoms with Crippen molar-refractivity contribution in [2.75, 3.05) is 0 Å². The average molecular weight is 281 g/mol. The van der Waals surface area contributed by atoms with Gasteiger partial charge in [-0.05, 0) is 46.1 Å². The fraction of sp³-hybridized carbons (Fsp3) is 0.600. The lowest BCUT2D eigenvalue weighted by Gasteiger charge is -2.32. The molecule has 0 amide bonds. The van der Waals surface area contributed by atoms with Crippen LogP contribution >= 0.6 is 11.6 Å². The van der Waals surface area contributed by atoms with Crippen molar-refractivity contribution in [3.63, 3.8) is 0 Å². The van der Waals surface area contributed by atoms with E-state index in [0.29, 0.717) is 0 Å². The predicted octanol–water partition coefficient (Wildman–Crippen LogP) is 3.86. The Morgan fingerprint density at radius 3 is 2.11 bits per heavy atom. The van der Waals surface area contributed by atoms with Crippen LogP contribution in [0.1, 0.15) is 39.7 Å². The van der Waals surface area contributed by atoms with E-state index in [1.807, 2.05) is 45.9 Å². The molecule has 0 saturated carbocycles. The lowest BCUT2D eigenvalue weighted by Crippen LogP contribution is -2.41. The lowest BCUT2D eigenvalue weighted by molar-refractivity contribution is 0.00578. The summed E-state index contributed by atoms with van der Waals surface area (Å²) in [5.74, 6) is 0. The molecule has 0 unspecified atom stereocenters. The maximum Gasteiger partial charge on any atom is 0.476 e. The van der Waals surface area contributed by atoms with Crippen LogP contribution in [0, 0.1) is 0 Å². The number of alkyl halides is 1. The summed E-state index contributed by atoms with van der Waals surface area (Å²) in [7, 11) is -0.324. The summed E-state index contributed by atoms with van der Waals surface area (Å²) in [4.78, 5) is 0. The Labute approximate surface area is 121 Å². The van der Waals surface area contributed by atoms with Gasteiger partial charge in [-0.1, -0.05) is 30.3 Å². The van der Waals surface area contributed by atoms with Crippen molar-refractivity contribution in [1.29, 1.82) is 0 Å². The second-order valence-electron chi connectivity index (χ2n) is 6.16. The normalized spacial score (nSPS) is 22.5. The fourth-order valence-electron chi connectivity index (χ4n) is 2.12. The minimum absolute atomic E-state index is 0.124. The molecule has 1 saturated heterocycles. The number of hydrogen-bond acceptors (Lipinski definition) is 2. The van der Waals surface area contributed by atoms with Gasteiger partial charge in [-0.2, -0.15) is 0 Å². The maximum absolute atomic E-state index is 6.44. The van der Waals surface area contributed by atoms with Crippen molar-refractivity contribution in [2.45, 2.75) is 57.0 Å². The summed E-state index contributed by atoms with van der Waals surface area (Å²) in [6.07, 6.45) is 1.79. The molecule has 2 rings (SSSR count). The van der Waals surface area contributed by atoms with Crippen LogP contribution in [-0.4, -0.2) is 23.6 Å². The van der Waals surface area contributed by atoms with Crippen LogP contribution in [-0.2, 0) is 15.7 Å². The van der Waals surface area contributed by atoms with E-state index in [2.05, 4.69) is 12.1 Å². The maximum atomic E-state index is 6.44. The Balaban J connectivity index is 1.90. The van der Waals surface area contributed by atoms with E-state index >= 15 is 0 Å². The van der Waals surface area contributed by atoms with Crippen molar-refractivity contribution >= 4 is 18.7 Å². The summed E-state index contributed by atoms with van der Waals surface area (Å²) < 4.78 is 11.9. The number of aryl methyl sites for hydroxylation is 1. The van der Waals surface area contributed by atoms with Gasteiger partial charge in [0.15, 0.2) is 0 Å². The van der Waals surface area contributed by atoms with Crippen molar-refractivity contribution in [3.05, 3.63) is 35.9 Å². The smallest absolute Gasteiger partial charge is 0.402 e. The molecular formula is C15H22BClO2. The van der Waals surface area contributed by atoms with Gasteiger partial charge in [-0.3, -0.25) is 0 Å². The highest BCUT2D eigenvalue weighted by molar-refractivity contribution is 6.59. The van der Waals surface area contributed by atoms with Gasteiger partial charge in [0.05, 0.1) is 16.5 Å². The molecule has 0 N–H and O–H groups in total. The van der Waals surface area contributed by atoms with E-state index in [9.17, 15) is 0 Å². The van der Waals surface area contributed by atoms with Crippen molar-refractivity contribution in [2.24, 2.45) is 0 Å². The highest BCUT2D eigenvalue weighted by atomic mass is 35.5. The highest BCUT2D eigenvalue weighted by Crippen LogP contribution is 2.38. The van der Waals surface area contributed by atoms with Crippen LogP contribution in [0.15, 0.2) is 30.3 Å². The van der Waals surface area contributed by atoms with Crippen LogP contribution in [0.3, 0.4) is 0 Å². The van der Waals surface area contributed by atoms with E-state index in [-0.39, 0.29) is 23.6 Å². The van der Waals surface area contributed by atoms with Crippen LogP contribution < -0.4 is 0 Å². The molecule has 2 nitrogen and oxygen atoms in total. The molecule has 1 aliphatic rings. The van der Waals surface area contributed by atoms with Gasteiger partial charge in [-0.25, -0.2) is 0 Å². The Morgan fingerprint density at radius 1 is 1.05 bits per heavy atom. The van der Waals surface area contributed by atoms with Gasteiger partial charge in [0.25, 0.3) is 0 Å². The molecule has 0 bridgehead atoms. The predicted molar refractivity (Wildman–Crippen MR) is 80.5 cm³/mol. The summed E-state index contributed by atoms with van der Waals surface area (Å²) in [6.45, 7) is 8.20. The number of benzene rings is 1. The summed E-state index contributed by atoms with van der Waals surface area (Å²) >= 11 is 6.44. The molecule has 0 radical (unpaired) electrons. The zero-order chi connectivity index (χ0) is 14.1. The lowest BCUT2D eigenvalue weighted by atomic mass is 9.81. The van der Waals surface area contributed by atoms with Gasteiger partial charge >= 0.3 is 7.12 Å². The molecule has 1 aromatic carbocycles. The third-order valence-electron chi connectivity index (χ3n) is 4.12. The van der Waals surface area contributed by atoms with Crippen molar-refractivity contribution in [3.8, 4) is 0 Å². The molecule has 1 aromatic rings. The summed E-state index contributed by atoms with van der Waals surface area (Å²) in [5, 5.41) is -0.124. The summed E-state index contributed by atoms with van der Waals surface area (Å²) in [6, 6.07) is 10.4. The molecule has 1 fully saturated rings. The number of hydrogen-bond donors (Lipinski definition) is 0. The summed E-state index contributed by atoms with van der Waals surface area (Å²) in [5.41, 5.74) is 0.680.